The number of nitrogens with zero attached hydrogens (tertiary/aromatic N) is 5. The van der Waals surface area contributed by atoms with E-state index in [-0.39, 0.29) is 28.6 Å². The summed E-state index contributed by atoms with van der Waals surface area (Å²) in [6.45, 7) is 0. The molecule has 0 aliphatic heterocycles. The molecule has 1 aromatic carbocycles. The lowest BCUT2D eigenvalue weighted by atomic mass is 10.0. The zero-order chi connectivity index (χ0) is 17.8. The first kappa shape index (κ1) is 15.7. The Morgan fingerprint density at radius 2 is 1.80 bits per heavy atom. The second-order valence-electron chi connectivity index (χ2n) is 4.56. The van der Waals surface area contributed by atoms with Crippen molar-refractivity contribution in [3.63, 3.8) is 0 Å². The van der Waals surface area contributed by atoms with Gasteiger partial charge in [0.15, 0.2) is 0 Å². The molecular weight excluding hydrogens is 334 g/mol. The van der Waals surface area contributed by atoms with Gasteiger partial charge in [0.25, 0.3) is 11.8 Å². The average Bonchev–Trinajstić information content (AvgIpc) is 3.28. The van der Waals surface area contributed by atoms with Gasteiger partial charge < -0.3 is 10.1 Å². The number of H-pyrrole nitrogens is 2. The summed E-state index contributed by atoms with van der Waals surface area (Å²) in [5.41, 5.74) is -0.507. The number of rotatable bonds is 5. The predicted octanol–water partition coefficient (Wildman–Crippen LogP) is -0.479. The van der Waals surface area contributed by atoms with Crippen LogP contribution in [0, 0.1) is 0 Å². The Kier molecular flexibility index (Phi) is 4.11. The van der Waals surface area contributed by atoms with Crippen LogP contribution in [0.25, 0.3) is 0 Å². The van der Waals surface area contributed by atoms with Crippen molar-refractivity contribution in [2.24, 2.45) is 0 Å². The van der Waals surface area contributed by atoms with Crippen molar-refractivity contribution in [1.29, 1.82) is 0 Å². The van der Waals surface area contributed by atoms with Crippen LogP contribution in [0.5, 0.6) is 0 Å². The predicted molar refractivity (Wildman–Crippen MR) is 79.9 cm³/mol. The number of anilines is 2. The number of benzene rings is 1. The van der Waals surface area contributed by atoms with E-state index in [1.54, 1.807) is 0 Å². The molecule has 0 spiro atoms. The van der Waals surface area contributed by atoms with Gasteiger partial charge in [-0.3, -0.25) is 20.2 Å². The van der Waals surface area contributed by atoms with Crippen LogP contribution in [-0.4, -0.2) is 58.7 Å². The smallest absolute Gasteiger partial charge is 0.336 e. The van der Waals surface area contributed by atoms with Gasteiger partial charge in [-0.1, -0.05) is 5.10 Å². The van der Waals surface area contributed by atoms with Crippen LogP contribution in [0.4, 0.5) is 11.9 Å². The van der Waals surface area contributed by atoms with Gasteiger partial charge in [-0.25, -0.2) is 9.89 Å². The Hall–Kier alpha value is -4.16. The Balaban J connectivity index is 1.86. The standard InChI is InChI=1S/C12H9N9O4/c22-8(15-12-18-20-21-19-12)5-1-2-6(7(3-5)10(24)25)9(23)16-11-13-4-14-17-11/h1-4H,(H,24,25)(H2,13,14,16,17,23)(H2,15,18,19,20,21,22). The molecule has 3 aromatic rings. The highest BCUT2D eigenvalue weighted by molar-refractivity contribution is 6.12. The Labute approximate surface area is 137 Å². The topological polar surface area (TPSA) is 192 Å². The van der Waals surface area contributed by atoms with E-state index in [1.807, 2.05) is 0 Å². The van der Waals surface area contributed by atoms with Crippen LogP contribution in [-0.2, 0) is 0 Å². The molecule has 13 nitrogen and oxygen atoms in total. The summed E-state index contributed by atoms with van der Waals surface area (Å²) in [5, 5.41) is 33.5. The molecule has 3 rings (SSSR count). The molecule has 5 N–H and O–H groups in total. The number of carboxylic acid groups (broad SMARTS) is 1. The maximum atomic E-state index is 12.2. The highest BCUT2D eigenvalue weighted by Crippen LogP contribution is 2.15. The first-order valence-electron chi connectivity index (χ1n) is 6.64. The number of aromatic carboxylic acids is 1. The number of nitrogens with one attached hydrogen (secondary N) is 4. The number of carboxylic acids is 1. The lowest BCUT2D eigenvalue weighted by Crippen LogP contribution is -2.19. The van der Waals surface area contributed by atoms with E-state index in [0.29, 0.717) is 0 Å². The molecule has 0 unspecified atom stereocenters. The first-order chi connectivity index (χ1) is 12.0. The van der Waals surface area contributed by atoms with Crippen LogP contribution < -0.4 is 10.6 Å². The fourth-order valence-electron chi connectivity index (χ4n) is 1.89. The molecule has 0 bridgehead atoms. The van der Waals surface area contributed by atoms with Crippen molar-refractivity contribution in [1.82, 2.24) is 35.8 Å². The van der Waals surface area contributed by atoms with Gasteiger partial charge in [0.1, 0.15) is 6.33 Å². The second-order valence-corrected chi connectivity index (χ2v) is 4.56. The van der Waals surface area contributed by atoms with Crippen LogP contribution in [0.2, 0.25) is 0 Å². The third kappa shape index (κ3) is 3.44. The van der Waals surface area contributed by atoms with E-state index in [2.05, 4.69) is 46.4 Å². The molecule has 2 aromatic heterocycles. The Bertz CT molecular complexity index is 920. The minimum atomic E-state index is -1.38. The zero-order valence-corrected chi connectivity index (χ0v) is 12.2. The SMILES string of the molecule is O=C(Nc1nnn[nH]1)c1ccc(C(=O)Nc2nnc[nH]2)c(C(=O)O)c1. The van der Waals surface area contributed by atoms with Crippen LogP contribution in [0.1, 0.15) is 31.1 Å². The fraction of sp³-hybridized carbons (Fsp3) is 0. The summed E-state index contributed by atoms with van der Waals surface area (Å²) in [5.74, 6) is -2.70. The van der Waals surface area contributed by atoms with Crippen molar-refractivity contribution >= 4 is 29.7 Å². The number of aromatic amines is 2. The summed E-state index contributed by atoms with van der Waals surface area (Å²) < 4.78 is 0. The summed E-state index contributed by atoms with van der Waals surface area (Å²) >= 11 is 0. The van der Waals surface area contributed by atoms with E-state index in [1.165, 1.54) is 18.5 Å². The van der Waals surface area contributed by atoms with E-state index in [4.69, 9.17) is 0 Å². The van der Waals surface area contributed by atoms with Crippen molar-refractivity contribution in [2.75, 3.05) is 10.6 Å². The second kappa shape index (κ2) is 6.53. The van der Waals surface area contributed by atoms with E-state index in [0.717, 1.165) is 6.07 Å². The van der Waals surface area contributed by atoms with E-state index in [9.17, 15) is 19.5 Å². The summed E-state index contributed by atoms with van der Waals surface area (Å²) in [7, 11) is 0. The van der Waals surface area contributed by atoms with Gasteiger partial charge in [-0.2, -0.15) is 0 Å². The molecule has 2 amide bonds. The van der Waals surface area contributed by atoms with Crippen LogP contribution in [0.15, 0.2) is 24.5 Å². The number of carbonyl (C=O) groups excluding carboxylic acids is 2. The minimum absolute atomic E-state index is 0.00464. The van der Waals surface area contributed by atoms with Crippen molar-refractivity contribution in [3.05, 3.63) is 41.2 Å². The summed E-state index contributed by atoms with van der Waals surface area (Å²) in [6, 6.07) is 3.57. The highest BCUT2D eigenvalue weighted by Gasteiger charge is 2.20. The van der Waals surface area contributed by atoms with Crippen LogP contribution in [0.3, 0.4) is 0 Å². The first-order valence-corrected chi connectivity index (χ1v) is 6.64. The van der Waals surface area contributed by atoms with Gasteiger partial charge in [0.2, 0.25) is 11.9 Å². The quantitative estimate of drug-likeness (QED) is 0.407. The molecule has 0 aliphatic carbocycles. The van der Waals surface area contributed by atoms with Gasteiger partial charge in [-0.15, -0.1) is 10.2 Å². The normalized spacial score (nSPS) is 10.2. The van der Waals surface area contributed by atoms with E-state index < -0.39 is 17.8 Å². The van der Waals surface area contributed by atoms with Gasteiger partial charge in [-0.05, 0) is 28.6 Å². The van der Waals surface area contributed by atoms with Crippen molar-refractivity contribution in [2.45, 2.75) is 0 Å². The summed E-state index contributed by atoms with van der Waals surface area (Å²) in [6.07, 6.45) is 1.25. The van der Waals surface area contributed by atoms with Gasteiger partial charge in [0, 0.05) is 5.56 Å². The van der Waals surface area contributed by atoms with Crippen LogP contribution >= 0.6 is 0 Å². The number of tetrazole rings is 1. The molecule has 0 fully saturated rings. The fourth-order valence-corrected chi connectivity index (χ4v) is 1.89. The molecule has 0 atom stereocenters. The molecule has 0 radical (unpaired) electrons. The Morgan fingerprint density at radius 1 is 1.00 bits per heavy atom. The van der Waals surface area contributed by atoms with Crippen molar-refractivity contribution < 1.29 is 19.5 Å². The lowest BCUT2D eigenvalue weighted by Gasteiger charge is -2.08. The highest BCUT2D eigenvalue weighted by atomic mass is 16.4. The maximum absolute atomic E-state index is 12.2. The molecule has 2 heterocycles. The molecule has 13 heteroatoms. The number of hydrogen-bond donors (Lipinski definition) is 5. The molecule has 25 heavy (non-hydrogen) atoms. The number of amides is 2. The van der Waals surface area contributed by atoms with Crippen molar-refractivity contribution in [3.8, 4) is 0 Å². The molecule has 0 saturated carbocycles. The van der Waals surface area contributed by atoms with E-state index >= 15 is 0 Å². The Morgan fingerprint density at radius 3 is 2.44 bits per heavy atom. The zero-order valence-electron chi connectivity index (χ0n) is 12.2. The number of hydrogen-bond acceptors (Lipinski definition) is 8. The molecular formula is C12H9N9O4. The molecule has 126 valence electrons. The van der Waals surface area contributed by atoms with Gasteiger partial charge in [0.05, 0.1) is 11.1 Å². The molecule has 0 aliphatic rings. The average molecular weight is 343 g/mol. The molecule has 0 saturated heterocycles. The maximum Gasteiger partial charge on any atom is 0.336 e. The lowest BCUT2D eigenvalue weighted by molar-refractivity contribution is 0.0692. The minimum Gasteiger partial charge on any atom is -0.478 e. The third-order valence-corrected chi connectivity index (χ3v) is 2.98. The summed E-state index contributed by atoms with van der Waals surface area (Å²) in [4.78, 5) is 38.2. The largest absolute Gasteiger partial charge is 0.478 e. The van der Waals surface area contributed by atoms with Gasteiger partial charge >= 0.3 is 5.97 Å². The number of aromatic nitrogens is 7. The number of carbonyl (C=O) groups is 3. The monoisotopic (exact) mass is 343 g/mol. The third-order valence-electron chi connectivity index (χ3n) is 2.98.